The van der Waals surface area contributed by atoms with E-state index in [0.29, 0.717) is 24.3 Å². The first-order valence-electron chi connectivity index (χ1n) is 8.20. The molecule has 5 nitrogen and oxygen atoms in total. The summed E-state index contributed by atoms with van der Waals surface area (Å²) in [5.41, 5.74) is 1.21. The molecule has 1 aromatic rings. The van der Waals surface area contributed by atoms with Crippen molar-refractivity contribution in [2.24, 2.45) is 0 Å². The fourth-order valence-electron chi connectivity index (χ4n) is 3.41. The highest BCUT2D eigenvalue weighted by atomic mass is 16.5. The van der Waals surface area contributed by atoms with E-state index in [1.165, 1.54) is 18.5 Å². The molecule has 0 bridgehead atoms. The van der Waals surface area contributed by atoms with Gasteiger partial charge in [-0.1, -0.05) is 0 Å². The zero-order chi connectivity index (χ0) is 14.5. The quantitative estimate of drug-likeness (QED) is 0.927. The number of piperidine rings is 1. The monoisotopic (exact) mass is 291 g/mol. The average Bonchev–Trinajstić information content (AvgIpc) is 3.08. The maximum Gasteiger partial charge on any atom is 0.222 e. The molecule has 1 amide bonds. The highest BCUT2D eigenvalue weighted by Crippen LogP contribution is 2.27. The minimum atomic E-state index is 0.298. The summed E-state index contributed by atoms with van der Waals surface area (Å²) in [6, 6.07) is 0. The molecule has 3 heterocycles. The first kappa shape index (κ1) is 14.6. The van der Waals surface area contributed by atoms with E-state index in [0.717, 1.165) is 45.4 Å². The molecule has 0 aromatic carbocycles. The first-order valence-corrected chi connectivity index (χ1v) is 8.20. The standard InChI is InChI=1S/C16H25N3O2/c20-16(5-4-14-3-1-2-10-21-14)19-8-6-13(7-9-19)15-11-17-12-18-15/h11-14H,1-10H2,(H,17,18). The molecular formula is C16H25N3O2. The number of carbonyl (C=O) groups excluding carboxylic acids is 1. The second kappa shape index (κ2) is 7.07. The van der Waals surface area contributed by atoms with Gasteiger partial charge in [0.1, 0.15) is 0 Å². The highest BCUT2D eigenvalue weighted by molar-refractivity contribution is 5.76. The van der Waals surface area contributed by atoms with Crippen LogP contribution in [0.4, 0.5) is 0 Å². The Balaban J connectivity index is 1.40. The maximum absolute atomic E-state index is 12.3. The van der Waals surface area contributed by atoms with Crippen molar-refractivity contribution in [3.8, 4) is 0 Å². The highest BCUT2D eigenvalue weighted by Gasteiger charge is 2.25. The molecule has 0 aliphatic carbocycles. The molecule has 2 aliphatic rings. The Morgan fingerprint density at radius 3 is 2.86 bits per heavy atom. The van der Waals surface area contributed by atoms with Crippen LogP contribution >= 0.6 is 0 Å². The van der Waals surface area contributed by atoms with Gasteiger partial charge in [-0.05, 0) is 38.5 Å². The van der Waals surface area contributed by atoms with Crippen molar-refractivity contribution in [1.29, 1.82) is 0 Å². The lowest BCUT2D eigenvalue weighted by Gasteiger charge is -2.32. The number of hydrogen-bond acceptors (Lipinski definition) is 3. The number of aromatic amines is 1. The van der Waals surface area contributed by atoms with Crippen LogP contribution in [0, 0.1) is 0 Å². The largest absolute Gasteiger partial charge is 0.378 e. The molecule has 21 heavy (non-hydrogen) atoms. The van der Waals surface area contributed by atoms with Gasteiger partial charge in [0.2, 0.25) is 5.91 Å². The summed E-state index contributed by atoms with van der Waals surface area (Å²) in [6.45, 7) is 2.61. The number of likely N-dealkylation sites (tertiary alicyclic amines) is 1. The maximum atomic E-state index is 12.3. The molecule has 2 aliphatic heterocycles. The predicted molar refractivity (Wildman–Crippen MR) is 80.0 cm³/mol. The lowest BCUT2D eigenvalue weighted by atomic mass is 9.93. The lowest BCUT2D eigenvalue weighted by molar-refractivity contribution is -0.133. The fraction of sp³-hybridized carbons (Fsp3) is 0.750. The molecule has 2 saturated heterocycles. The van der Waals surface area contributed by atoms with Crippen LogP contribution in [0.25, 0.3) is 0 Å². The second-order valence-corrected chi connectivity index (χ2v) is 6.19. The second-order valence-electron chi connectivity index (χ2n) is 6.19. The van der Waals surface area contributed by atoms with Crippen LogP contribution in [0.1, 0.15) is 56.6 Å². The van der Waals surface area contributed by atoms with Crippen molar-refractivity contribution < 1.29 is 9.53 Å². The number of carbonyl (C=O) groups is 1. The zero-order valence-corrected chi connectivity index (χ0v) is 12.6. The third-order valence-corrected chi connectivity index (χ3v) is 4.76. The third kappa shape index (κ3) is 3.84. The van der Waals surface area contributed by atoms with Crippen LogP contribution in [0.2, 0.25) is 0 Å². The van der Waals surface area contributed by atoms with E-state index in [-0.39, 0.29) is 0 Å². The van der Waals surface area contributed by atoms with Gasteiger partial charge >= 0.3 is 0 Å². The number of nitrogens with zero attached hydrogens (tertiary/aromatic N) is 2. The van der Waals surface area contributed by atoms with Crippen LogP contribution in [-0.2, 0) is 9.53 Å². The third-order valence-electron chi connectivity index (χ3n) is 4.76. The van der Waals surface area contributed by atoms with E-state index >= 15 is 0 Å². The minimum Gasteiger partial charge on any atom is -0.378 e. The van der Waals surface area contributed by atoms with Gasteiger partial charge in [-0.25, -0.2) is 4.98 Å². The Bertz CT molecular complexity index is 432. The van der Waals surface area contributed by atoms with Crippen molar-refractivity contribution in [3.63, 3.8) is 0 Å². The molecule has 1 aromatic heterocycles. The minimum absolute atomic E-state index is 0.298. The van der Waals surface area contributed by atoms with Gasteiger partial charge in [0.25, 0.3) is 0 Å². The molecule has 116 valence electrons. The number of hydrogen-bond donors (Lipinski definition) is 1. The number of imidazole rings is 1. The van der Waals surface area contributed by atoms with Gasteiger partial charge in [-0.2, -0.15) is 0 Å². The molecule has 2 fully saturated rings. The molecular weight excluding hydrogens is 266 g/mol. The predicted octanol–water partition coefficient (Wildman–Crippen LogP) is 2.47. The molecule has 0 radical (unpaired) electrons. The SMILES string of the molecule is O=C(CCC1CCCCO1)N1CCC(c2cnc[nH]2)CC1. The summed E-state index contributed by atoms with van der Waals surface area (Å²) in [6.07, 6.45) is 11.1. The van der Waals surface area contributed by atoms with Crippen molar-refractivity contribution in [1.82, 2.24) is 14.9 Å². The summed E-state index contributed by atoms with van der Waals surface area (Å²) in [4.78, 5) is 21.6. The number of amides is 1. The van der Waals surface area contributed by atoms with E-state index in [9.17, 15) is 4.79 Å². The first-order chi connectivity index (χ1) is 10.3. The van der Waals surface area contributed by atoms with Crippen molar-refractivity contribution in [3.05, 3.63) is 18.2 Å². The molecule has 0 saturated carbocycles. The van der Waals surface area contributed by atoms with Gasteiger partial charge in [-0.3, -0.25) is 4.79 Å². The summed E-state index contributed by atoms with van der Waals surface area (Å²) in [5, 5.41) is 0. The summed E-state index contributed by atoms with van der Waals surface area (Å²) in [7, 11) is 0. The van der Waals surface area contributed by atoms with Crippen LogP contribution in [0.3, 0.4) is 0 Å². The Labute approximate surface area is 126 Å². The normalized spacial score (nSPS) is 24.2. The Hall–Kier alpha value is -1.36. The van der Waals surface area contributed by atoms with Crippen LogP contribution in [0.5, 0.6) is 0 Å². The molecule has 5 heteroatoms. The lowest BCUT2D eigenvalue weighted by Crippen LogP contribution is -2.38. The number of aromatic nitrogens is 2. The fourth-order valence-corrected chi connectivity index (χ4v) is 3.41. The van der Waals surface area contributed by atoms with Gasteiger partial charge in [0, 0.05) is 43.9 Å². The average molecular weight is 291 g/mol. The van der Waals surface area contributed by atoms with E-state index < -0.39 is 0 Å². The smallest absolute Gasteiger partial charge is 0.222 e. The van der Waals surface area contributed by atoms with Gasteiger partial charge in [0.05, 0.1) is 12.4 Å². The molecule has 1 unspecified atom stereocenters. The molecule has 1 N–H and O–H groups in total. The molecule has 1 atom stereocenters. The van der Waals surface area contributed by atoms with Gasteiger partial charge < -0.3 is 14.6 Å². The van der Waals surface area contributed by atoms with E-state index in [4.69, 9.17) is 4.74 Å². The summed E-state index contributed by atoms with van der Waals surface area (Å²) in [5.74, 6) is 0.825. The summed E-state index contributed by atoms with van der Waals surface area (Å²) >= 11 is 0. The Morgan fingerprint density at radius 1 is 1.33 bits per heavy atom. The molecule has 0 spiro atoms. The number of ether oxygens (including phenoxy) is 1. The number of rotatable bonds is 4. The number of nitrogens with one attached hydrogen (secondary N) is 1. The zero-order valence-electron chi connectivity index (χ0n) is 12.6. The van der Waals surface area contributed by atoms with Crippen LogP contribution in [0.15, 0.2) is 12.5 Å². The van der Waals surface area contributed by atoms with Gasteiger partial charge in [0.15, 0.2) is 0 Å². The Kier molecular flexibility index (Phi) is 4.91. The van der Waals surface area contributed by atoms with Gasteiger partial charge in [-0.15, -0.1) is 0 Å². The van der Waals surface area contributed by atoms with Crippen LogP contribution < -0.4 is 0 Å². The van der Waals surface area contributed by atoms with Crippen molar-refractivity contribution >= 4 is 5.91 Å². The van der Waals surface area contributed by atoms with Crippen molar-refractivity contribution in [2.75, 3.05) is 19.7 Å². The number of H-pyrrole nitrogens is 1. The van der Waals surface area contributed by atoms with E-state index in [1.54, 1.807) is 6.33 Å². The molecule has 3 rings (SSSR count). The van der Waals surface area contributed by atoms with Crippen molar-refractivity contribution in [2.45, 2.75) is 57.0 Å². The Morgan fingerprint density at radius 2 is 2.19 bits per heavy atom. The van der Waals surface area contributed by atoms with E-state index in [1.807, 2.05) is 11.1 Å². The summed E-state index contributed by atoms with van der Waals surface area (Å²) < 4.78 is 5.70. The van der Waals surface area contributed by atoms with Crippen LogP contribution in [-0.4, -0.2) is 46.6 Å². The van der Waals surface area contributed by atoms with E-state index in [2.05, 4.69) is 9.97 Å². The topological polar surface area (TPSA) is 58.2 Å².